The van der Waals surface area contributed by atoms with Gasteiger partial charge in [-0.2, -0.15) is 0 Å². The lowest BCUT2D eigenvalue weighted by atomic mass is 10.2. The predicted molar refractivity (Wildman–Crippen MR) is 111 cm³/mol. The van der Waals surface area contributed by atoms with Crippen LogP contribution in [0.4, 0.5) is 5.69 Å². The number of amides is 2. The Morgan fingerprint density at radius 3 is 2.48 bits per heavy atom. The Hall–Kier alpha value is -1.90. The number of hydrogen-bond acceptors (Lipinski definition) is 4. The number of hydrogen-bond donors (Lipinski definition) is 2. The van der Waals surface area contributed by atoms with Crippen LogP contribution in [0.3, 0.4) is 0 Å². The number of carbonyl (C=O) groups excluding carboxylic acids is 2. The van der Waals surface area contributed by atoms with Gasteiger partial charge >= 0.3 is 0 Å². The summed E-state index contributed by atoms with van der Waals surface area (Å²) < 4.78 is 12.1. The Bertz CT molecular complexity index is 782. The minimum Gasteiger partial charge on any atom is -0.483 e. The van der Waals surface area contributed by atoms with E-state index in [9.17, 15) is 9.59 Å². The van der Waals surface area contributed by atoms with E-state index >= 15 is 0 Å². The van der Waals surface area contributed by atoms with Crippen LogP contribution in [0.2, 0.25) is 0 Å². The van der Waals surface area contributed by atoms with Crippen molar-refractivity contribution in [2.24, 2.45) is 0 Å². The van der Waals surface area contributed by atoms with Gasteiger partial charge in [0.25, 0.3) is 11.8 Å². The molecule has 2 aromatic rings. The molecule has 0 heterocycles. The van der Waals surface area contributed by atoms with Crippen molar-refractivity contribution in [3.8, 4) is 5.75 Å². The van der Waals surface area contributed by atoms with E-state index in [1.54, 1.807) is 37.4 Å². The fraction of sp³-hybridized carbons (Fsp3) is 0.263. The maximum absolute atomic E-state index is 12.0. The van der Waals surface area contributed by atoms with Crippen LogP contribution in [0.25, 0.3) is 0 Å². The number of carbonyl (C=O) groups is 2. The minimum absolute atomic E-state index is 0.123. The van der Waals surface area contributed by atoms with E-state index in [1.165, 1.54) is 0 Å². The first kappa shape index (κ1) is 21.4. The van der Waals surface area contributed by atoms with Crippen LogP contribution in [0.5, 0.6) is 5.75 Å². The number of anilines is 1. The summed E-state index contributed by atoms with van der Waals surface area (Å²) >= 11 is 6.74. The predicted octanol–water partition coefficient (Wildman–Crippen LogP) is 4.00. The Labute approximate surface area is 174 Å². The molecule has 0 saturated heterocycles. The van der Waals surface area contributed by atoms with Crippen molar-refractivity contribution >= 4 is 49.4 Å². The summed E-state index contributed by atoms with van der Waals surface area (Å²) in [4.78, 5) is 24.0. The number of rotatable bonds is 9. The first-order valence-electron chi connectivity index (χ1n) is 8.24. The molecule has 0 radical (unpaired) electrons. The zero-order valence-electron chi connectivity index (χ0n) is 14.8. The number of methoxy groups -OCH3 is 1. The summed E-state index contributed by atoms with van der Waals surface area (Å²) in [6.45, 7) is 1.03. The second-order valence-corrected chi connectivity index (χ2v) is 7.36. The van der Waals surface area contributed by atoms with Gasteiger partial charge in [-0.15, -0.1) is 0 Å². The number of benzene rings is 2. The average Bonchev–Trinajstić information content (AvgIpc) is 2.65. The maximum Gasteiger partial charge on any atom is 0.262 e. The van der Waals surface area contributed by atoms with Gasteiger partial charge < -0.3 is 20.1 Å². The van der Waals surface area contributed by atoms with Gasteiger partial charge in [0.1, 0.15) is 5.75 Å². The molecule has 2 amide bonds. The monoisotopic (exact) mass is 498 g/mol. The van der Waals surface area contributed by atoms with Gasteiger partial charge in [-0.3, -0.25) is 9.59 Å². The molecule has 0 fully saturated rings. The van der Waals surface area contributed by atoms with Gasteiger partial charge in [0.2, 0.25) is 0 Å². The quantitative estimate of drug-likeness (QED) is 0.511. The third kappa shape index (κ3) is 7.32. The zero-order chi connectivity index (χ0) is 19.6. The minimum atomic E-state index is -0.290. The maximum atomic E-state index is 12.0. The molecule has 27 heavy (non-hydrogen) atoms. The summed E-state index contributed by atoms with van der Waals surface area (Å²) in [5.74, 6) is 0.128. The molecule has 0 unspecified atom stereocenters. The van der Waals surface area contributed by atoms with Gasteiger partial charge in [-0.1, -0.05) is 15.9 Å². The SMILES string of the molecule is COCCCNC(=O)c1ccc(NC(=O)COc2ccc(Br)cc2Br)cc1. The molecule has 0 spiro atoms. The average molecular weight is 500 g/mol. The molecule has 8 heteroatoms. The molecule has 2 N–H and O–H groups in total. The molecule has 2 rings (SSSR count). The third-order valence-corrected chi connectivity index (χ3v) is 4.61. The van der Waals surface area contributed by atoms with Gasteiger partial charge in [-0.25, -0.2) is 0 Å². The lowest BCUT2D eigenvalue weighted by Crippen LogP contribution is -2.25. The number of ether oxygens (including phenoxy) is 2. The highest BCUT2D eigenvalue weighted by molar-refractivity contribution is 9.11. The van der Waals surface area contributed by atoms with Gasteiger partial charge in [-0.05, 0) is 64.8 Å². The molecule has 0 atom stereocenters. The van der Waals surface area contributed by atoms with E-state index in [0.29, 0.717) is 30.2 Å². The largest absolute Gasteiger partial charge is 0.483 e. The fourth-order valence-corrected chi connectivity index (χ4v) is 3.32. The van der Waals surface area contributed by atoms with Crippen molar-refractivity contribution in [1.29, 1.82) is 0 Å². The van der Waals surface area contributed by atoms with E-state index < -0.39 is 0 Å². The highest BCUT2D eigenvalue weighted by Gasteiger charge is 2.08. The lowest BCUT2D eigenvalue weighted by molar-refractivity contribution is -0.118. The highest BCUT2D eigenvalue weighted by atomic mass is 79.9. The molecule has 0 bridgehead atoms. The van der Waals surface area contributed by atoms with Crippen LogP contribution < -0.4 is 15.4 Å². The van der Waals surface area contributed by atoms with Crippen LogP contribution >= 0.6 is 31.9 Å². The summed E-state index contributed by atoms with van der Waals surface area (Å²) in [5, 5.41) is 5.54. The van der Waals surface area contributed by atoms with Crippen molar-refractivity contribution < 1.29 is 19.1 Å². The molecule has 2 aromatic carbocycles. The Balaban J connectivity index is 1.81. The molecular weight excluding hydrogens is 480 g/mol. The topological polar surface area (TPSA) is 76.7 Å². The van der Waals surface area contributed by atoms with Crippen LogP contribution in [0, 0.1) is 0 Å². The van der Waals surface area contributed by atoms with E-state index in [4.69, 9.17) is 9.47 Å². The summed E-state index contributed by atoms with van der Waals surface area (Å²) in [6, 6.07) is 12.1. The Morgan fingerprint density at radius 2 is 1.81 bits per heavy atom. The van der Waals surface area contributed by atoms with Gasteiger partial charge in [0, 0.05) is 36.0 Å². The molecule has 144 valence electrons. The van der Waals surface area contributed by atoms with Crippen molar-refractivity contribution in [3.05, 3.63) is 57.0 Å². The van der Waals surface area contributed by atoms with Crippen molar-refractivity contribution in [1.82, 2.24) is 5.32 Å². The van der Waals surface area contributed by atoms with E-state index in [-0.39, 0.29) is 18.4 Å². The molecule has 6 nitrogen and oxygen atoms in total. The van der Waals surface area contributed by atoms with Crippen molar-refractivity contribution in [2.45, 2.75) is 6.42 Å². The van der Waals surface area contributed by atoms with Crippen LogP contribution in [0.1, 0.15) is 16.8 Å². The third-order valence-electron chi connectivity index (χ3n) is 3.49. The number of halogens is 2. The van der Waals surface area contributed by atoms with Gasteiger partial charge in [0.05, 0.1) is 4.47 Å². The van der Waals surface area contributed by atoms with Crippen LogP contribution in [-0.2, 0) is 9.53 Å². The van der Waals surface area contributed by atoms with Crippen molar-refractivity contribution in [2.75, 3.05) is 32.2 Å². The normalized spacial score (nSPS) is 10.3. The Kier molecular flexibility index (Phi) is 8.77. The fourth-order valence-electron chi connectivity index (χ4n) is 2.16. The van der Waals surface area contributed by atoms with Gasteiger partial charge in [0.15, 0.2) is 6.61 Å². The van der Waals surface area contributed by atoms with E-state index in [2.05, 4.69) is 42.5 Å². The number of nitrogens with one attached hydrogen (secondary N) is 2. The molecule has 0 saturated carbocycles. The van der Waals surface area contributed by atoms with Crippen LogP contribution in [0.15, 0.2) is 51.4 Å². The second-order valence-electron chi connectivity index (χ2n) is 5.59. The van der Waals surface area contributed by atoms with E-state index in [0.717, 1.165) is 15.4 Å². The molecule has 0 aliphatic rings. The second kappa shape index (κ2) is 11.1. The highest BCUT2D eigenvalue weighted by Crippen LogP contribution is 2.28. The van der Waals surface area contributed by atoms with Crippen molar-refractivity contribution in [3.63, 3.8) is 0 Å². The first-order valence-corrected chi connectivity index (χ1v) is 9.83. The first-order chi connectivity index (χ1) is 13.0. The summed E-state index contributed by atoms with van der Waals surface area (Å²) in [5.41, 5.74) is 1.12. The van der Waals surface area contributed by atoms with E-state index in [1.807, 2.05) is 12.1 Å². The molecular formula is C19H20Br2N2O4. The van der Waals surface area contributed by atoms with Crippen LogP contribution in [-0.4, -0.2) is 38.7 Å². The Morgan fingerprint density at radius 1 is 1.07 bits per heavy atom. The molecule has 0 aliphatic carbocycles. The molecule has 0 aromatic heterocycles. The molecule has 0 aliphatic heterocycles. The standard InChI is InChI=1S/C19H20Br2N2O4/c1-26-10-2-9-22-19(25)13-3-6-15(7-4-13)23-18(24)12-27-17-8-5-14(20)11-16(17)21/h3-8,11H,2,9-10,12H2,1H3,(H,22,25)(H,23,24). The smallest absolute Gasteiger partial charge is 0.262 e. The zero-order valence-corrected chi connectivity index (χ0v) is 17.9. The lowest BCUT2D eigenvalue weighted by Gasteiger charge is -2.10. The summed E-state index contributed by atoms with van der Waals surface area (Å²) in [7, 11) is 1.62. The summed E-state index contributed by atoms with van der Waals surface area (Å²) in [6.07, 6.45) is 0.755.